The van der Waals surface area contributed by atoms with Crippen LogP contribution in [0.4, 0.5) is 10.5 Å². The Morgan fingerprint density at radius 3 is 2.52 bits per heavy atom. The number of carbonyl (C=O) groups is 1. The summed E-state index contributed by atoms with van der Waals surface area (Å²) in [6.45, 7) is 0.574. The summed E-state index contributed by atoms with van der Waals surface area (Å²) in [6.07, 6.45) is 2.10. The van der Waals surface area contributed by atoms with E-state index in [-0.39, 0.29) is 6.03 Å². The van der Waals surface area contributed by atoms with Gasteiger partial charge < -0.3 is 15.0 Å². The molecule has 0 radical (unpaired) electrons. The summed E-state index contributed by atoms with van der Waals surface area (Å²) in [5.41, 5.74) is 1.71. The number of anilines is 1. The molecule has 1 saturated carbocycles. The first kappa shape index (κ1) is 15.7. The summed E-state index contributed by atoms with van der Waals surface area (Å²) >= 11 is 6.11. The van der Waals surface area contributed by atoms with E-state index in [4.69, 9.17) is 16.3 Å². The van der Waals surface area contributed by atoms with Gasteiger partial charge in [-0.3, -0.25) is 0 Å². The van der Waals surface area contributed by atoms with Crippen molar-refractivity contribution in [3.8, 4) is 5.75 Å². The molecule has 1 aliphatic rings. The number of hydrogen-bond donors (Lipinski definition) is 1. The maximum absolute atomic E-state index is 12.6. The van der Waals surface area contributed by atoms with Crippen LogP contribution < -0.4 is 10.1 Å². The topological polar surface area (TPSA) is 41.6 Å². The van der Waals surface area contributed by atoms with E-state index in [2.05, 4.69) is 5.32 Å². The number of urea groups is 1. The summed E-state index contributed by atoms with van der Waals surface area (Å²) in [4.78, 5) is 14.5. The number of carbonyl (C=O) groups excluding carboxylic acids is 1. The van der Waals surface area contributed by atoms with Crippen LogP contribution in [0.25, 0.3) is 0 Å². The summed E-state index contributed by atoms with van der Waals surface area (Å²) in [7, 11) is 1.64. The van der Waals surface area contributed by atoms with Crippen molar-refractivity contribution in [2.24, 2.45) is 0 Å². The van der Waals surface area contributed by atoms with E-state index in [0.717, 1.165) is 24.2 Å². The molecule has 1 N–H and O–H groups in total. The van der Waals surface area contributed by atoms with Crippen LogP contribution in [0.15, 0.2) is 48.5 Å². The molecule has 1 fully saturated rings. The average molecular weight is 331 g/mol. The van der Waals surface area contributed by atoms with Gasteiger partial charge in [-0.2, -0.15) is 0 Å². The Bertz CT molecular complexity index is 684. The van der Waals surface area contributed by atoms with Crippen molar-refractivity contribution in [1.29, 1.82) is 0 Å². The zero-order valence-electron chi connectivity index (χ0n) is 13.0. The van der Waals surface area contributed by atoms with Crippen molar-refractivity contribution < 1.29 is 9.53 Å². The molecule has 4 nitrogen and oxygen atoms in total. The highest BCUT2D eigenvalue weighted by atomic mass is 35.5. The smallest absolute Gasteiger partial charge is 0.322 e. The number of halogens is 1. The van der Waals surface area contributed by atoms with Gasteiger partial charge in [-0.25, -0.2) is 4.79 Å². The van der Waals surface area contributed by atoms with Gasteiger partial charge in [-0.1, -0.05) is 35.9 Å². The number of methoxy groups -OCH3 is 1. The van der Waals surface area contributed by atoms with Crippen LogP contribution in [0.5, 0.6) is 5.75 Å². The van der Waals surface area contributed by atoms with Crippen molar-refractivity contribution in [2.75, 3.05) is 12.4 Å². The Morgan fingerprint density at radius 1 is 1.22 bits per heavy atom. The fourth-order valence-electron chi connectivity index (χ4n) is 2.43. The predicted molar refractivity (Wildman–Crippen MR) is 92.0 cm³/mol. The maximum Gasteiger partial charge on any atom is 0.322 e. The minimum absolute atomic E-state index is 0.114. The van der Waals surface area contributed by atoms with Crippen molar-refractivity contribution in [3.05, 3.63) is 59.1 Å². The van der Waals surface area contributed by atoms with Crippen molar-refractivity contribution in [1.82, 2.24) is 4.90 Å². The lowest BCUT2D eigenvalue weighted by molar-refractivity contribution is 0.206. The van der Waals surface area contributed by atoms with Crippen molar-refractivity contribution in [2.45, 2.75) is 25.4 Å². The monoisotopic (exact) mass is 330 g/mol. The van der Waals surface area contributed by atoms with Gasteiger partial charge in [0.15, 0.2) is 0 Å². The molecule has 0 unspecified atom stereocenters. The third kappa shape index (κ3) is 3.96. The highest BCUT2D eigenvalue weighted by molar-refractivity contribution is 6.33. The summed E-state index contributed by atoms with van der Waals surface area (Å²) in [6, 6.07) is 15.2. The first-order valence-electron chi connectivity index (χ1n) is 7.62. The average Bonchev–Trinajstić information content (AvgIpc) is 3.40. The molecule has 0 atom stereocenters. The molecule has 23 heavy (non-hydrogen) atoms. The van der Waals surface area contributed by atoms with Gasteiger partial charge in [0.05, 0.1) is 17.8 Å². The Balaban J connectivity index is 1.70. The van der Waals surface area contributed by atoms with Crippen LogP contribution >= 0.6 is 11.6 Å². The molecule has 3 rings (SSSR count). The largest absolute Gasteiger partial charge is 0.497 e. The summed E-state index contributed by atoms with van der Waals surface area (Å²) in [5, 5.41) is 3.45. The first-order chi connectivity index (χ1) is 11.2. The molecular formula is C18H19ClN2O2. The molecule has 2 aromatic carbocycles. The van der Waals surface area contributed by atoms with E-state index in [9.17, 15) is 4.79 Å². The van der Waals surface area contributed by atoms with E-state index in [1.54, 1.807) is 19.2 Å². The quantitative estimate of drug-likeness (QED) is 0.874. The third-order valence-electron chi connectivity index (χ3n) is 3.88. The molecule has 0 heterocycles. The Morgan fingerprint density at radius 2 is 1.91 bits per heavy atom. The van der Waals surface area contributed by atoms with Gasteiger partial charge in [-0.15, -0.1) is 0 Å². The van der Waals surface area contributed by atoms with Crippen LogP contribution in [0.3, 0.4) is 0 Å². The second kappa shape index (κ2) is 6.92. The number of amides is 2. The lowest BCUT2D eigenvalue weighted by Gasteiger charge is -2.23. The molecule has 2 aromatic rings. The van der Waals surface area contributed by atoms with Crippen LogP contribution in [-0.2, 0) is 6.54 Å². The van der Waals surface area contributed by atoms with E-state index >= 15 is 0 Å². The van der Waals surface area contributed by atoms with Crippen LogP contribution in [-0.4, -0.2) is 24.1 Å². The summed E-state index contributed by atoms with van der Waals surface area (Å²) < 4.78 is 5.17. The number of nitrogens with zero attached hydrogens (tertiary/aromatic N) is 1. The SMILES string of the molecule is COc1ccc(CN(C(=O)Nc2ccccc2Cl)C2CC2)cc1. The van der Waals surface area contributed by atoms with E-state index in [1.807, 2.05) is 41.3 Å². The second-order valence-electron chi connectivity index (χ2n) is 5.62. The van der Waals surface area contributed by atoms with E-state index in [1.165, 1.54) is 0 Å². The standard InChI is InChI=1S/C18H19ClN2O2/c1-23-15-10-6-13(7-11-15)12-21(14-8-9-14)18(22)20-17-5-3-2-4-16(17)19/h2-7,10-11,14H,8-9,12H2,1H3,(H,20,22). The minimum atomic E-state index is -0.114. The summed E-state index contributed by atoms with van der Waals surface area (Å²) in [5.74, 6) is 0.812. The molecule has 5 heteroatoms. The maximum atomic E-state index is 12.6. The van der Waals surface area contributed by atoms with Crippen LogP contribution in [0.2, 0.25) is 5.02 Å². The number of nitrogens with one attached hydrogen (secondary N) is 1. The zero-order chi connectivity index (χ0) is 16.2. The number of hydrogen-bond acceptors (Lipinski definition) is 2. The Kier molecular flexibility index (Phi) is 4.72. The van der Waals surface area contributed by atoms with Crippen molar-refractivity contribution in [3.63, 3.8) is 0 Å². The van der Waals surface area contributed by atoms with Gasteiger partial charge in [0.2, 0.25) is 0 Å². The molecule has 0 spiro atoms. The predicted octanol–water partition coefficient (Wildman–Crippen LogP) is 4.55. The Labute approximate surface area is 141 Å². The number of benzene rings is 2. The fourth-order valence-corrected chi connectivity index (χ4v) is 2.61. The highest BCUT2D eigenvalue weighted by Crippen LogP contribution is 2.30. The van der Waals surface area contributed by atoms with Crippen LogP contribution in [0.1, 0.15) is 18.4 Å². The zero-order valence-corrected chi connectivity index (χ0v) is 13.7. The number of ether oxygens (including phenoxy) is 1. The molecule has 1 aliphatic carbocycles. The van der Waals surface area contributed by atoms with Gasteiger partial charge in [0.25, 0.3) is 0 Å². The lowest BCUT2D eigenvalue weighted by atomic mass is 10.2. The van der Waals surface area contributed by atoms with Gasteiger partial charge >= 0.3 is 6.03 Å². The number of rotatable bonds is 5. The van der Waals surface area contributed by atoms with E-state index < -0.39 is 0 Å². The molecule has 0 saturated heterocycles. The van der Waals surface area contributed by atoms with Gasteiger partial charge in [0.1, 0.15) is 5.75 Å². The molecule has 2 amide bonds. The molecule has 0 aromatic heterocycles. The molecule has 0 aliphatic heterocycles. The minimum Gasteiger partial charge on any atom is -0.497 e. The lowest BCUT2D eigenvalue weighted by Crippen LogP contribution is -2.36. The van der Waals surface area contributed by atoms with Gasteiger partial charge in [-0.05, 0) is 42.7 Å². The molecule has 0 bridgehead atoms. The Hall–Kier alpha value is -2.20. The fraction of sp³-hybridized carbons (Fsp3) is 0.278. The van der Waals surface area contributed by atoms with E-state index in [0.29, 0.717) is 23.3 Å². The third-order valence-corrected chi connectivity index (χ3v) is 4.21. The van der Waals surface area contributed by atoms with Gasteiger partial charge in [0, 0.05) is 12.6 Å². The number of para-hydroxylation sites is 1. The molecular weight excluding hydrogens is 312 g/mol. The normalized spacial score (nSPS) is 13.5. The first-order valence-corrected chi connectivity index (χ1v) is 8.00. The highest BCUT2D eigenvalue weighted by Gasteiger charge is 2.32. The second-order valence-corrected chi connectivity index (χ2v) is 6.02. The van der Waals surface area contributed by atoms with Crippen molar-refractivity contribution >= 4 is 23.3 Å². The molecule has 120 valence electrons. The van der Waals surface area contributed by atoms with Crippen LogP contribution in [0, 0.1) is 0 Å².